The molecule has 3 rings (SSSR count). The first-order valence-electron chi connectivity index (χ1n) is 6.77. The average molecular weight is 312 g/mol. The van der Waals surface area contributed by atoms with E-state index in [0.717, 1.165) is 0 Å². The molecule has 7 nitrogen and oxygen atoms in total. The molecule has 23 heavy (non-hydrogen) atoms. The number of carbonyl (C=O) groups excluding carboxylic acids is 2. The highest BCUT2D eigenvalue weighted by molar-refractivity contribution is 5.98. The van der Waals surface area contributed by atoms with E-state index in [9.17, 15) is 14.4 Å². The standard InChI is InChI=1S/C16H12N2O5/c19-14(9-17-16(21)13-2-1-7-22-13)18-11-4-5-12-10(8-11)3-6-15(20)23-12/h1-8H,9H2,(H,17,21)(H,18,19). The van der Waals surface area contributed by atoms with Crippen LogP contribution in [0.5, 0.6) is 0 Å². The summed E-state index contributed by atoms with van der Waals surface area (Å²) in [4.78, 5) is 34.6. The third-order valence-corrected chi connectivity index (χ3v) is 3.06. The zero-order valence-corrected chi connectivity index (χ0v) is 11.9. The zero-order valence-electron chi connectivity index (χ0n) is 11.9. The molecule has 0 bridgehead atoms. The van der Waals surface area contributed by atoms with Crippen LogP contribution in [0.3, 0.4) is 0 Å². The highest BCUT2D eigenvalue weighted by Gasteiger charge is 2.10. The lowest BCUT2D eigenvalue weighted by Crippen LogP contribution is -2.32. The number of carbonyl (C=O) groups is 2. The Bertz CT molecular complexity index is 912. The van der Waals surface area contributed by atoms with E-state index in [1.807, 2.05) is 0 Å². The fourth-order valence-electron chi connectivity index (χ4n) is 2.01. The third kappa shape index (κ3) is 3.46. The van der Waals surface area contributed by atoms with Crippen molar-refractivity contribution >= 4 is 28.5 Å². The van der Waals surface area contributed by atoms with E-state index >= 15 is 0 Å². The molecule has 0 saturated heterocycles. The van der Waals surface area contributed by atoms with E-state index in [0.29, 0.717) is 16.7 Å². The van der Waals surface area contributed by atoms with Gasteiger partial charge in [0.1, 0.15) is 5.58 Å². The number of fused-ring (bicyclic) bond motifs is 1. The van der Waals surface area contributed by atoms with Gasteiger partial charge in [-0.2, -0.15) is 0 Å². The van der Waals surface area contributed by atoms with Gasteiger partial charge in [-0.3, -0.25) is 9.59 Å². The second-order valence-electron chi connectivity index (χ2n) is 4.72. The van der Waals surface area contributed by atoms with Crippen molar-refractivity contribution in [3.63, 3.8) is 0 Å². The van der Waals surface area contributed by atoms with Gasteiger partial charge in [-0.05, 0) is 36.4 Å². The smallest absolute Gasteiger partial charge is 0.336 e. The van der Waals surface area contributed by atoms with Crippen molar-refractivity contribution in [2.75, 3.05) is 11.9 Å². The van der Waals surface area contributed by atoms with Crippen LogP contribution >= 0.6 is 0 Å². The Morgan fingerprint density at radius 3 is 2.74 bits per heavy atom. The lowest BCUT2D eigenvalue weighted by Gasteiger charge is -2.07. The molecular formula is C16H12N2O5. The summed E-state index contributed by atoms with van der Waals surface area (Å²) in [5.74, 6) is -0.717. The largest absolute Gasteiger partial charge is 0.459 e. The topological polar surface area (TPSA) is 102 Å². The van der Waals surface area contributed by atoms with Crippen LogP contribution in [0.15, 0.2) is 62.4 Å². The van der Waals surface area contributed by atoms with Crippen LogP contribution in [-0.2, 0) is 4.79 Å². The molecule has 0 aliphatic rings. The van der Waals surface area contributed by atoms with Crippen molar-refractivity contribution < 1.29 is 18.4 Å². The summed E-state index contributed by atoms with van der Waals surface area (Å²) in [5.41, 5.74) is 0.528. The minimum Gasteiger partial charge on any atom is -0.459 e. The van der Waals surface area contributed by atoms with Crippen molar-refractivity contribution in [3.05, 3.63) is 64.9 Å². The molecule has 0 unspecified atom stereocenters. The number of anilines is 1. The minimum atomic E-state index is -0.467. The Kier molecular flexibility index (Phi) is 3.92. The van der Waals surface area contributed by atoms with Crippen molar-refractivity contribution in [1.82, 2.24) is 5.32 Å². The Balaban J connectivity index is 1.62. The Morgan fingerprint density at radius 2 is 1.96 bits per heavy atom. The zero-order chi connectivity index (χ0) is 16.2. The second kappa shape index (κ2) is 6.18. The molecule has 0 saturated carbocycles. The van der Waals surface area contributed by atoms with Gasteiger partial charge in [0, 0.05) is 17.1 Å². The fraction of sp³-hybridized carbons (Fsp3) is 0.0625. The highest BCUT2D eigenvalue weighted by Crippen LogP contribution is 2.17. The minimum absolute atomic E-state index is 0.138. The first-order valence-corrected chi connectivity index (χ1v) is 6.77. The van der Waals surface area contributed by atoms with Crippen LogP contribution in [0.2, 0.25) is 0 Å². The van der Waals surface area contributed by atoms with Gasteiger partial charge in [0.25, 0.3) is 5.91 Å². The van der Waals surface area contributed by atoms with Gasteiger partial charge < -0.3 is 19.5 Å². The van der Waals surface area contributed by atoms with Crippen LogP contribution in [-0.4, -0.2) is 18.4 Å². The molecule has 2 N–H and O–H groups in total. The summed E-state index contributed by atoms with van der Waals surface area (Å²) >= 11 is 0. The number of nitrogens with one attached hydrogen (secondary N) is 2. The summed E-state index contributed by atoms with van der Waals surface area (Å²) in [6.45, 7) is -0.193. The number of benzene rings is 1. The molecule has 2 heterocycles. The average Bonchev–Trinajstić information content (AvgIpc) is 3.07. The van der Waals surface area contributed by atoms with E-state index < -0.39 is 11.5 Å². The monoisotopic (exact) mass is 312 g/mol. The fourth-order valence-corrected chi connectivity index (χ4v) is 2.01. The molecule has 0 aliphatic carbocycles. The summed E-state index contributed by atoms with van der Waals surface area (Å²) < 4.78 is 9.93. The quantitative estimate of drug-likeness (QED) is 0.715. The Morgan fingerprint density at radius 1 is 1.09 bits per heavy atom. The Labute approximate surface area is 129 Å². The van der Waals surface area contributed by atoms with E-state index in [2.05, 4.69) is 10.6 Å². The van der Waals surface area contributed by atoms with Crippen LogP contribution in [0.25, 0.3) is 11.0 Å². The SMILES string of the molecule is O=C(CNC(=O)c1ccco1)Nc1ccc2oc(=O)ccc2c1. The van der Waals surface area contributed by atoms with Crippen molar-refractivity contribution in [1.29, 1.82) is 0 Å². The molecule has 116 valence electrons. The number of hydrogen-bond acceptors (Lipinski definition) is 5. The molecule has 0 atom stereocenters. The predicted octanol–water partition coefficient (Wildman–Crippen LogP) is 1.75. The molecule has 2 amide bonds. The number of amides is 2. The molecule has 3 aromatic rings. The molecule has 1 aromatic carbocycles. The van der Waals surface area contributed by atoms with Crippen molar-refractivity contribution in [3.8, 4) is 0 Å². The maximum Gasteiger partial charge on any atom is 0.336 e. The summed E-state index contributed by atoms with van der Waals surface area (Å²) in [6.07, 6.45) is 1.38. The van der Waals surface area contributed by atoms with E-state index in [4.69, 9.17) is 8.83 Å². The molecule has 2 aromatic heterocycles. The van der Waals surface area contributed by atoms with Crippen LogP contribution in [0, 0.1) is 0 Å². The van der Waals surface area contributed by atoms with Crippen LogP contribution in [0.4, 0.5) is 5.69 Å². The number of hydrogen-bond donors (Lipinski definition) is 2. The van der Waals surface area contributed by atoms with Gasteiger partial charge in [0.2, 0.25) is 5.91 Å². The second-order valence-corrected chi connectivity index (χ2v) is 4.72. The van der Waals surface area contributed by atoms with E-state index in [1.165, 1.54) is 18.4 Å². The van der Waals surface area contributed by atoms with Gasteiger partial charge in [-0.25, -0.2) is 4.79 Å². The summed E-state index contributed by atoms with van der Waals surface area (Å²) in [6, 6.07) is 10.9. The molecular weight excluding hydrogens is 300 g/mol. The number of rotatable bonds is 4. The van der Waals surface area contributed by atoms with Crippen molar-refractivity contribution in [2.24, 2.45) is 0 Å². The lowest BCUT2D eigenvalue weighted by molar-refractivity contribution is -0.115. The van der Waals surface area contributed by atoms with Gasteiger partial charge in [0.15, 0.2) is 5.76 Å². The van der Waals surface area contributed by atoms with E-state index in [-0.39, 0.29) is 18.2 Å². The van der Waals surface area contributed by atoms with Gasteiger partial charge in [-0.1, -0.05) is 0 Å². The summed E-state index contributed by atoms with van der Waals surface area (Å²) in [7, 11) is 0. The first-order chi connectivity index (χ1) is 11.1. The van der Waals surface area contributed by atoms with Gasteiger partial charge in [-0.15, -0.1) is 0 Å². The van der Waals surface area contributed by atoms with E-state index in [1.54, 1.807) is 30.3 Å². The molecule has 7 heteroatoms. The highest BCUT2D eigenvalue weighted by atomic mass is 16.4. The van der Waals surface area contributed by atoms with Gasteiger partial charge >= 0.3 is 5.63 Å². The van der Waals surface area contributed by atoms with Crippen LogP contribution in [0.1, 0.15) is 10.6 Å². The molecule has 0 spiro atoms. The lowest BCUT2D eigenvalue weighted by atomic mass is 10.2. The van der Waals surface area contributed by atoms with Crippen LogP contribution < -0.4 is 16.3 Å². The predicted molar refractivity (Wildman–Crippen MR) is 82.2 cm³/mol. The maximum absolute atomic E-state index is 11.8. The molecule has 0 aliphatic heterocycles. The number of furan rings is 1. The third-order valence-electron chi connectivity index (χ3n) is 3.06. The first kappa shape index (κ1) is 14.6. The Hall–Kier alpha value is -3.35. The molecule has 0 radical (unpaired) electrons. The maximum atomic E-state index is 11.8. The summed E-state index contributed by atoms with van der Waals surface area (Å²) in [5, 5.41) is 5.77. The molecule has 0 fully saturated rings. The van der Waals surface area contributed by atoms with Crippen molar-refractivity contribution in [2.45, 2.75) is 0 Å². The normalized spacial score (nSPS) is 10.4. The van der Waals surface area contributed by atoms with Gasteiger partial charge in [0.05, 0.1) is 12.8 Å².